The summed E-state index contributed by atoms with van der Waals surface area (Å²) in [7, 11) is 7.80. The Bertz CT molecular complexity index is 1310. The molecule has 1 aromatic carbocycles. The molecule has 250 valence electrons. The van der Waals surface area contributed by atoms with Gasteiger partial charge in [-0.15, -0.1) is 0 Å². The monoisotopic (exact) mass is 633 g/mol. The molecule has 0 aromatic heterocycles. The minimum Gasteiger partial charge on any atom is -0.497 e. The summed E-state index contributed by atoms with van der Waals surface area (Å²) in [6.45, 7) is 3.43. The average molecular weight is 634 g/mol. The van der Waals surface area contributed by atoms with Crippen LogP contribution in [0.15, 0.2) is 24.3 Å². The molecule has 0 radical (unpaired) electrons. The summed E-state index contributed by atoms with van der Waals surface area (Å²) in [4.78, 5) is 16.0. The molecule has 5 saturated carbocycles. The number of rotatable bonds is 9. The normalized spacial score (nSPS) is 50.8. The second-order valence-electron chi connectivity index (χ2n) is 14.2. The van der Waals surface area contributed by atoms with Crippen LogP contribution in [0.2, 0.25) is 0 Å². The third-order valence-corrected chi connectivity index (χ3v) is 13.2. The van der Waals surface area contributed by atoms with Crippen LogP contribution in [0, 0.1) is 34.5 Å². The maximum atomic E-state index is 13.7. The molecule has 6 aliphatic rings. The van der Waals surface area contributed by atoms with Gasteiger partial charge in [0.2, 0.25) is 0 Å². The Labute approximate surface area is 263 Å². The lowest BCUT2D eigenvalue weighted by Crippen LogP contribution is -2.81. The van der Waals surface area contributed by atoms with Gasteiger partial charge in [-0.1, -0.05) is 6.92 Å². The Kier molecular flexibility index (Phi) is 7.45. The molecule has 5 unspecified atom stereocenters. The van der Waals surface area contributed by atoms with Crippen LogP contribution in [0.1, 0.15) is 30.1 Å². The number of ether oxygens (including phenoxy) is 6. The van der Waals surface area contributed by atoms with Gasteiger partial charge in [0.25, 0.3) is 0 Å². The number of methoxy groups -OCH3 is 5. The molecule has 1 aromatic rings. The minimum absolute atomic E-state index is 0.0861. The molecular formula is C33H47NO11. The number of hydrogen-bond acceptors (Lipinski definition) is 12. The SMILES string of the molecule is CCN1C[C@]2(COC)[C@H](O)C[C@H](OC)C34C5CC6(O)[C@H](OC(=O)c7ccc(OC)cc7)[C@@H]5[C@@](O)(C(C13)[C@H](OC)[C@@H]42)[C@@H](O)[C@@H]6OC. The van der Waals surface area contributed by atoms with Crippen LogP contribution in [0.5, 0.6) is 5.75 Å². The fraction of sp³-hybridized carbons (Fsp3) is 0.788. The molecular weight excluding hydrogens is 586 g/mol. The number of aliphatic hydroxyl groups is 4. The van der Waals surface area contributed by atoms with E-state index >= 15 is 0 Å². The zero-order valence-electron chi connectivity index (χ0n) is 26.8. The summed E-state index contributed by atoms with van der Waals surface area (Å²) in [5.74, 6) is -2.50. The number of hydrogen-bond donors (Lipinski definition) is 4. The average Bonchev–Trinajstić information content (AvgIpc) is 3.42. The third kappa shape index (κ3) is 3.56. The molecule has 5 aliphatic carbocycles. The highest BCUT2D eigenvalue weighted by molar-refractivity contribution is 5.89. The Morgan fingerprint density at radius 2 is 1.69 bits per heavy atom. The maximum absolute atomic E-state index is 13.7. The fourth-order valence-corrected chi connectivity index (χ4v) is 12.1. The van der Waals surface area contributed by atoms with Crippen LogP contribution in [0.3, 0.4) is 0 Å². The zero-order chi connectivity index (χ0) is 32.3. The van der Waals surface area contributed by atoms with E-state index in [1.807, 2.05) is 6.92 Å². The largest absolute Gasteiger partial charge is 0.497 e. The molecule has 4 N–H and O–H groups in total. The van der Waals surface area contributed by atoms with E-state index in [4.69, 9.17) is 28.4 Å². The van der Waals surface area contributed by atoms with E-state index in [0.29, 0.717) is 25.3 Å². The second kappa shape index (κ2) is 10.6. The Morgan fingerprint density at radius 1 is 0.978 bits per heavy atom. The lowest BCUT2D eigenvalue weighted by atomic mass is 9.42. The van der Waals surface area contributed by atoms with E-state index in [0.717, 1.165) is 0 Å². The van der Waals surface area contributed by atoms with Crippen LogP contribution in [-0.4, -0.2) is 140 Å². The second-order valence-corrected chi connectivity index (χ2v) is 14.2. The molecule has 7 bridgehead atoms. The molecule has 1 heterocycles. The first-order valence-electron chi connectivity index (χ1n) is 16.0. The first-order valence-corrected chi connectivity index (χ1v) is 16.0. The van der Waals surface area contributed by atoms with E-state index in [9.17, 15) is 25.2 Å². The van der Waals surface area contributed by atoms with Gasteiger partial charge >= 0.3 is 5.97 Å². The van der Waals surface area contributed by atoms with Crippen LogP contribution in [0.4, 0.5) is 0 Å². The third-order valence-electron chi connectivity index (χ3n) is 13.2. The van der Waals surface area contributed by atoms with Crippen molar-refractivity contribution in [1.82, 2.24) is 4.90 Å². The lowest BCUT2D eigenvalue weighted by Gasteiger charge is -2.70. The highest BCUT2D eigenvalue weighted by Gasteiger charge is 2.91. The molecule has 15 atom stereocenters. The Hall–Kier alpha value is -1.87. The highest BCUT2D eigenvalue weighted by Crippen LogP contribution is 2.80. The molecule has 45 heavy (non-hydrogen) atoms. The van der Waals surface area contributed by atoms with E-state index in [2.05, 4.69) is 4.90 Å². The van der Waals surface area contributed by atoms with Crippen molar-refractivity contribution in [3.63, 3.8) is 0 Å². The van der Waals surface area contributed by atoms with Crippen molar-refractivity contribution < 1.29 is 53.6 Å². The number of piperidine rings is 1. The quantitative estimate of drug-likeness (QED) is 0.272. The Balaban J connectivity index is 1.45. The van der Waals surface area contributed by atoms with Crippen molar-refractivity contribution in [2.24, 2.45) is 34.5 Å². The zero-order valence-corrected chi connectivity index (χ0v) is 26.8. The van der Waals surface area contributed by atoms with Crippen LogP contribution < -0.4 is 4.74 Å². The van der Waals surface area contributed by atoms with Gasteiger partial charge in [-0.2, -0.15) is 0 Å². The van der Waals surface area contributed by atoms with E-state index in [-0.39, 0.29) is 30.6 Å². The number of fused-ring (bicyclic) bond motifs is 2. The molecule has 12 nitrogen and oxygen atoms in total. The molecule has 12 heteroatoms. The smallest absolute Gasteiger partial charge is 0.338 e. The van der Waals surface area contributed by atoms with Gasteiger partial charge in [0.15, 0.2) is 0 Å². The van der Waals surface area contributed by atoms with Crippen LogP contribution in [-0.2, 0) is 23.7 Å². The maximum Gasteiger partial charge on any atom is 0.338 e. The predicted octanol–water partition coefficient (Wildman–Crippen LogP) is 0.0859. The predicted molar refractivity (Wildman–Crippen MR) is 157 cm³/mol. The van der Waals surface area contributed by atoms with Crippen molar-refractivity contribution in [3.05, 3.63) is 29.8 Å². The number of aliphatic hydroxyl groups excluding tert-OH is 2. The van der Waals surface area contributed by atoms with Gasteiger partial charge in [-0.3, -0.25) is 4.90 Å². The minimum atomic E-state index is -1.88. The summed E-state index contributed by atoms with van der Waals surface area (Å²) >= 11 is 0. The number of benzene rings is 1. The van der Waals surface area contributed by atoms with Crippen molar-refractivity contribution in [2.45, 2.75) is 73.6 Å². The first kappa shape index (κ1) is 31.7. The van der Waals surface area contributed by atoms with Crippen molar-refractivity contribution in [3.8, 4) is 5.75 Å². The highest BCUT2D eigenvalue weighted by atomic mass is 16.6. The van der Waals surface area contributed by atoms with Gasteiger partial charge in [0.1, 0.15) is 35.3 Å². The fourth-order valence-electron chi connectivity index (χ4n) is 12.1. The number of nitrogens with zero attached hydrogens (tertiary/aromatic N) is 1. The molecule has 1 saturated heterocycles. The molecule has 7 rings (SSSR count). The number of likely N-dealkylation sites (tertiary alicyclic amines) is 1. The number of carbonyl (C=O) groups excluding carboxylic acids is 1. The first-order chi connectivity index (χ1) is 21.5. The summed E-state index contributed by atoms with van der Waals surface area (Å²) in [6.07, 6.45) is -5.43. The number of esters is 1. The Morgan fingerprint density at radius 3 is 2.27 bits per heavy atom. The van der Waals surface area contributed by atoms with Crippen LogP contribution >= 0.6 is 0 Å². The van der Waals surface area contributed by atoms with Gasteiger partial charge in [0.05, 0.1) is 37.6 Å². The molecule has 0 amide bonds. The van der Waals surface area contributed by atoms with E-state index < -0.39 is 82.4 Å². The van der Waals surface area contributed by atoms with Gasteiger partial charge in [-0.25, -0.2) is 4.79 Å². The van der Waals surface area contributed by atoms with E-state index in [1.54, 1.807) is 45.6 Å². The van der Waals surface area contributed by atoms with E-state index in [1.165, 1.54) is 14.2 Å². The summed E-state index contributed by atoms with van der Waals surface area (Å²) in [5, 5.41) is 49.9. The van der Waals surface area contributed by atoms with Gasteiger partial charge in [0, 0.05) is 76.0 Å². The standard InChI is InChI=1S/C33H47NO11/c1-7-34-14-30(15-40-2)19(35)12-20(42-4)32-18-13-31(38)27(45-29(37)16-8-10-17(41-3)11-9-16)21(18)33(39,26(36)28(31)44-6)22(25(32)34)23(43-5)24(30)32/h8-11,18-28,35-36,38-39H,7,12-15H2,1-6H3/t18?,19-,20+,21-,22?,23+,24-,25?,26+,27-,28+,30+,31?,32?,33-/m1/s1. The van der Waals surface area contributed by atoms with Crippen molar-refractivity contribution >= 4 is 5.97 Å². The molecule has 6 fully saturated rings. The number of carbonyl (C=O) groups is 1. The van der Waals surface area contributed by atoms with Gasteiger partial charge in [-0.05, 0) is 43.1 Å². The topological polar surface area (TPSA) is 157 Å². The summed E-state index contributed by atoms with van der Waals surface area (Å²) in [5.41, 5.74) is -4.96. The molecule has 1 aliphatic heterocycles. The van der Waals surface area contributed by atoms with Crippen molar-refractivity contribution in [2.75, 3.05) is 55.2 Å². The summed E-state index contributed by atoms with van der Waals surface area (Å²) in [6, 6.07) is 6.16. The van der Waals surface area contributed by atoms with Crippen molar-refractivity contribution in [1.29, 1.82) is 0 Å². The summed E-state index contributed by atoms with van der Waals surface area (Å²) < 4.78 is 35.8. The van der Waals surface area contributed by atoms with Gasteiger partial charge < -0.3 is 48.8 Å². The molecule has 1 spiro atoms. The van der Waals surface area contributed by atoms with Crippen LogP contribution in [0.25, 0.3) is 0 Å². The lowest BCUT2D eigenvalue weighted by molar-refractivity contribution is -0.320.